The minimum Gasteiger partial charge on any atom is -0.481 e. The van der Waals surface area contributed by atoms with Gasteiger partial charge < -0.3 is 25.0 Å². The summed E-state index contributed by atoms with van der Waals surface area (Å²) in [5.41, 5.74) is 1.33. The predicted molar refractivity (Wildman–Crippen MR) is 161 cm³/mol. The third-order valence-corrected chi connectivity index (χ3v) is 9.06. The highest BCUT2D eigenvalue weighted by molar-refractivity contribution is 8.00. The molecule has 0 spiro atoms. The summed E-state index contributed by atoms with van der Waals surface area (Å²) in [6, 6.07) is 12.1. The number of nitrogens with zero attached hydrogens (tertiary/aromatic N) is 4. The number of pyridine rings is 1. The first-order valence-corrected chi connectivity index (χ1v) is 15.2. The van der Waals surface area contributed by atoms with E-state index in [9.17, 15) is 24.3 Å². The molecule has 0 unspecified atom stereocenters. The Morgan fingerprint density at radius 1 is 1.23 bits per heavy atom. The van der Waals surface area contributed by atoms with E-state index in [-0.39, 0.29) is 23.3 Å². The molecule has 2 fully saturated rings. The number of ether oxygens (including phenoxy) is 1. The Hall–Kier alpha value is -4.56. The molecular formula is C29H28N6O6S2. The van der Waals surface area contributed by atoms with E-state index < -0.39 is 23.3 Å². The largest absolute Gasteiger partial charge is 0.481 e. The molecular weight excluding hydrogens is 592 g/mol. The zero-order chi connectivity index (χ0) is 30.3. The normalized spacial score (nSPS) is 20.3. The van der Waals surface area contributed by atoms with Gasteiger partial charge >= 0.3 is 5.97 Å². The number of carbonyl (C=O) groups is 4. The lowest BCUT2D eigenvalue weighted by Crippen LogP contribution is -2.70. The van der Waals surface area contributed by atoms with Crippen molar-refractivity contribution in [2.45, 2.75) is 22.7 Å². The van der Waals surface area contributed by atoms with Crippen LogP contribution in [0.2, 0.25) is 0 Å². The number of aromatic nitrogens is 3. The molecule has 3 aliphatic heterocycles. The highest BCUT2D eigenvalue weighted by Crippen LogP contribution is 2.41. The Morgan fingerprint density at radius 3 is 2.67 bits per heavy atom. The summed E-state index contributed by atoms with van der Waals surface area (Å²) in [4.78, 5) is 64.9. The van der Waals surface area contributed by atoms with Crippen LogP contribution >= 0.6 is 23.5 Å². The molecule has 0 aliphatic carbocycles. The topological polar surface area (TPSA) is 158 Å². The van der Waals surface area contributed by atoms with Crippen molar-refractivity contribution in [3.8, 4) is 5.88 Å². The van der Waals surface area contributed by atoms with Crippen molar-refractivity contribution in [2.75, 3.05) is 30.1 Å². The molecule has 0 saturated carbocycles. The third-order valence-electron chi connectivity index (χ3n) is 6.75. The first-order valence-electron chi connectivity index (χ1n) is 13.2. The van der Waals surface area contributed by atoms with E-state index in [0.29, 0.717) is 41.4 Å². The molecule has 3 aromatic rings. The third kappa shape index (κ3) is 6.75. The van der Waals surface area contributed by atoms with Crippen LogP contribution in [0.3, 0.4) is 0 Å². The van der Waals surface area contributed by atoms with Crippen molar-refractivity contribution in [3.05, 3.63) is 90.3 Å². The van der Waals surface area contributed by atoms with Crippen molar-refractivity contribution in [2.24, 2.45) is 0 Å². The van der Waals surface area contributed by atoms with Gasteiger partial charge in [-0.2, -0.15) is 0 Å². The summed E-state index contributed by atoms with van der Waals surface area (Å²) >= 11 is 2.72. The van der Waals surface area contributed by atoms with Gasteiger partial charge in [-0.1, -0.05) is 18.2 Å². The molecule has 0 bridgehead atoms. The number of hydrogen-bond donors (Lipinski definition) is 3. The zero-order valence-corrected chi connectivity index (χ0v) is 24.6. The van der Waals surface area contributed by atoms with Gasteiger partial charge in [-0.15, -0.1) is 23.5 Å². The van der Waals surface area contributed by atoms with Gasteiger partial charge in [0, 0.05) is 41.2 Å². The summed E-state index contributed by atoms with van der Waals surface area (Å²) in [5.74, 6) is -1.38. The van der Waals surface area contributed by atoms with E-state index in [4.69, 9.17) is 4.74 Å². The van der Waals surface area contributed by atoms with Crippen molar-refractivity contribution in [3.63, 3.8) is 0 Å². The molecule has 12 nitrogen and oxygen atoms in total. The van der Waals surface area contributed by atoms with Crippen LogP contribution in [-0.4, -0.2) is 85.2 Å². The molecule has 6 rings (SSSR count). The van der Waals surface area contributed by atoms with Crippen LogP contribution in [-0.2, 0) is 19.2 Å². The highest BCUT2D eigenvalue weighted by atomic mass is 32.2. The predicted octanol–water partition coefficient (Wildman–Crippen LogP) is 2.69. The Morgan fingerprint density at radius 2 is 2.05 bits per heavy atom. The Balaban J connectivity index is 0.000000668. The van der Waals surface area contributed by atoms with Crippen LogP contribution in [0.1, 0.15) is 6.42 Å². The Kier molecular flexibility index (Phi) is 9.47. The summed E-state index contributed by atoms with van der Waals surface area (Å²) < 4.78 is 5.06. The number of carboxylic acids is 1. The SMILES string of the molecule is COc1ccc(N2CC/C(=C\C3=C(C(=O)O)N4C(=O)[C@@H](NC(=O)CSc5ccccc5)[C@H]4SC3)C2=O)cn1.c1c[nH]cn1. The molecule has 3 aliphatic rings. The fraction of sp³-hybridized carbons (Fsp3) is 0.241. The van der Waals surface area contributed by atoms with Gasteiger partial charge in [0.25, 0.3) is 11.8 Å². The second-order valence-electron chi connectivity index (χ2n) is 9.43. The highest BCUT2D eigenvalue weighted by Gasteiger charge is 2.54. The number of nitrogens with one attached hydrogen (secondary N) is 2. The number of fused-ring (bicyclic) bond motifs is 1. The number of aromatic amines is 1. The number of imidazole rings is 1. The van der Waals surface area contributed by atoms with E-state index in [0.717, 1.165) is 4.90 Å². The summed E-state index contributed by atoms with van der Waals surface area (Å²) in [5, 5.41) is 12.2. The number of thioether (sulfide) groups is 2. The van der Waals surface area contributed by atoms with Crippen LogP contribution in [0.15, 0.2) is 95.2 Å². The maximum atomic E-state index is 13.1. The lowest BCUT2D eigenvalue weighted by Gasteiger charge is -2.49. The van der Waals surface area contributed by atoms with Crippen molar-refractivity contribution in [1.82, 2.24) is 25.2 Å². The van der Waals surface area contributed by atoms with Crippen LogP contribution in [0.4, 0.5) is 5.69 Å². The molecule has 43 heavy (non-hydrogen) atoms. The average Bonchev–Trinajstić information content (AvgIpc) is 3.73. The Bertz CT molecular complexity index is 1530. The summed E-state index contributed by atoms with van der Waals surface area (Å²) in [7, 11) is 1.51. The molecule has 14 heteroatoms. The van der Waals surface area contributed by atoms with Gasteiger partial charge in [0.05, 0.1) is 31.1 Å². The quantitative estimate of drug-likeness (QED) is 0.194. The van der Waals surface area contributed by atoms with E-state index in [1.807, 2.05) is 30.3 Å². The number of hydrogen-bond acceptors (Lipinski definition) is 9. The number of β-lactam (4-membered cyclic amide) rings is 1. The van der Waals surface area contributed by atoms with Gasteiger partial charge in [-0.25, -0.2) is 14.8 Å². The molecule has 222 valence electrons. The minimum atomic E-state index is -1.25. The summed E-state index contributed by atoms with van der Waals surface area (Å²) in [6.07, 6.45) is 8.65. The number of benzene rings is 1. The number of amides is 3. The van der Waals surface area contributed by atoms with Gasteiger partial charge in [0.1, 0.15) is 17.1 Å². The van der Waals surface area contributed by atoms with Crippen LogP contribution in [0, 0.1) is 0 Å². The van der Waals surface area contributed by atoms with E-state index in [2.05, 4.69) is 20.3 Å². The molecule has 2 saturated heterocycles. The van der Waals surface area contributed by atoms with Crippen LogP contribution < -0.4 is 15.0 Å². The first-order chi connectivity index (χ1) is 20.9. The first kappa shape index (κ1) is 29.9. The number of carbonyl (C=O) groups excluding carboxylic acids is 3. The monoisotopic (exact) mass is 620 g/mol. The molecule has 2 atom stereocenters. The molecule has 3 N–H and O–H groups in total. The van der Waals surface area contributed by atoms with Crippen molar-refractivity contribution in [1.29, 1.82) is 0 Å². The van der Waals surface area contributed by atoms with Crippen LogP contribution in [0.25, 0.3) is 0 Å². The standard InChI is InChI=1S/C26H24N4O6S2.C3H4N2/c1-36-20-8-7-17(12-27-20)29-10-9-15(23(29)32)11-16-13-38-25-21(24(33)30(25)22(16)26(34)35)28-19(31)14-37-18-5-3-2-4-6-18;1-2-5-3-4-1/h2-8,11-12,21,25H,9-10,13-14H2,1H3,(H,28,31)(H,34,35);1-3H,(H,4,5)/b15-11+;/t21-,25-;/m1./s1. The number of allylic oxidation sites excluding steroid dienone is 1. The van der Waals surface area contributed by atoms with Crippen molar-refractivity contribution >= 4 is 52.9 Å². The van der Waals surface area contributed by atoms with Gasteiger partial charge in [-0.05, 0) is 36.3 Å². The number of H-pyrrole nitrogens is 1. The molecule has 3 amide bonds. The molecule has 5 heterocycles. The fourth-order valence-electron chi connectivity index (χ4n) is 4.71. The lowest BCUT2D eigenvalue weighted by atomic mass is 10.0. The van der Waals surface area contributed by atoms with Crippen LogP contribution in [0.5, 0.6) is 5.88 Å². The lowest BCUT2D eigenvalue weighted by molar-refractivity contribution is -0.150. The number of rotatable bonds is 8. The Labute approximate surface area is 255 Å². The fourth-order valence-corrected chi connectivity index (χ4v) is 6.74. The maximum Gasteiger partial charge on any atom is 0.352 e. The molecule has 2 aromatic heterocycles. The maximum absolute atomic E-state index is 13.1. The number of aliphatic carboxylic acids is 1. The minimum absolute atomic E-state index is 0.145. The molecule has 0 radical (unpaired) electrons. The molecule has 1 aromatic carbocycles. The second kappa shape index (κ2) is 13.6. The van der Waals surface area contributed by atoms with E-state index >= 15 is 0 Å². The number of carboxylic acid groups (broad SMARTS) is 1. The average molecular weight is 621 g/mol. The smallest absolute Gasteiger partial charge is 0.352 e. The van der Waals surface area contributed by atoms with Gasteiger partial charge in [-0.3, -0.25) is 19.3 Å². The van der Waals surface area contributed by atoms with Gasteiger partial charge in [0.2, 0.25) is 11.8 Å². The van der Waals surface area contributed by atoms with Crippen molar-refractivity contribution < 1.29 is 29.0 Å². The van der Waals surface area contributed by atoms with Gasteiger partial charge in [0.15, 0.2) is 0 Å². The van der Waals surface area contributed by atoms with E-state index in [1.54, 1.807) is 48.0 Å². The summed E-state index contributed by atoms with van der Waals surface area (Å²) in [6.45, 7) is 0.432. The number of anilines is 1. The second-order valence-corrected chi connectivity index (χ2v) is 11.6. The van der Waals surface area contributed by atoms with E-state index in [1.165, 1.54) is 35.5 Å². The number of methoxy groups -OCH3 is 1. The zero-order valence-electron chi connectivity index (χ0n) is 23.0.